The molecule has 1 N–H and O–H groups in total. The Balaban J connectivity index is 1.92. The van der Waals surface area contributed by atoms with E-state index in [1.807, 2.05) is 19.1 Å². The van der Waals surface area contributed by atoms with Crippen molar-refractivity contribution in [1.29, 1.82) is 0 Å². The summed E-state index contributed by atoms with van der Waals surface area (Å²) < 4.78 is 28.7. The van der Waals surface area contributed by atoms with Gasteiger partial charge in [-0.15, -0.1) is 0 Å². The number of pyridine rings is 1. The predicted octanol–water partition coefficient (Wildman–Crippen LogP) is 1.33. The summed E-state index contributed by atoms with van der Waals surface area (Å²) in [5.41, 5.74) is 1.04. The van der Waals surface area contributed by atoms with Gasteiger partial charge in [0.1, 0.15) is 0 Å². The Labute approximate surface area is 115 Å². The first-order valence-electron chi connectivity index (χ1n) is 6.74. The van der Waals surface area contributed by atoms with E-state index < -0.39 is 10.2 Å². The Kier molecular flexibility index (Phi) is 4.90. The third-order valence-electron chi connectivity index (χ3n) is 3.27. The van der Waals surface area contributed by atoms with E-state index in [-0.39, 0.29) is 6.04 Å². The Morgan fingerprint density at radius 3 is 2.74 bits per heavy atom. The molecule has 0 aliphatic carbocycles. The minimum Gasteiger partial charge on any atom is -0.264 e. The van der Waals surface area contributed by atoms with Crippen LogP contribution in [0.4, 0.5) is 0 Å². The van der Waals surface area contributed by atoms with Gasteiger partial charge in [-0.3, -0.25) is 4.98 Å². The lowest BCUT2D eigenvalue weighted by atomic mass is 10.1. The summed E-state index contributed by atoms with van der Waals surface area (Å²) in [6, 6.07) is 3.69. The lowest BCUT2D eigenvalue weighted by Gasteiger charge is -2.27. The molecular formula is C13H21N3O2S. The standard InChI is InChI=1S/C13H21N3O2S/c1-12(10-13-6-5-7-14-11-13)15-19(17,18)16-8-3-2-4-9-16/h5-7,11-12,15H,2-4,8-10H2,1H3. The van der Waals surface area contributed by atoms with Gasteiger partial charge in [0.05, 0.1) is 0 Å². The molecule has 0 radical (unpaired) electrons. The van der Waals surface area contributed by atoms with Crippen molar-refractivity contribution in [2.75, 3.05) is 13.1 Å². The number of piperidine rings is 1. The molecule has 1 unspecified atom stereocenters. The van der Waals surface area contributed by atoms with Gasteiger partial charge in [0.15, 0.2) is 0 Å². The van der Waals surface area contributed by atoms with Crippen LogP contribution in [0.2, 0.25) is 0 Å². The van der Waals surface area contributed by atoms with E-state index >= 15 is 0 Å². The van der Waals surface area contributed by atoms with E-state index in [0.29, 0.717) is 19.5 Å². The third kappa shape index (κ3) is 4.26. The van der Waals surface area contributed by atoms with Gasteiger partial charge in [0.25, 0.3) is 10.2 Å². The maximum absolute atomic E-state index is 12.2. The molecule has 0 saturated carbocycles. The first-order valence-corrected chi connectivity index (χ1v) is 8.18. The van der Waals surface area contributed by atoms with Crippen LogP contribution in [0.15, 0.2) is 24.5 Å². The van der Waals surface area contributed by atoms with Crippen molar-refractivity contribution < 1.29 is 8.42 Å². The zero-order chi connectivity index (χ0) is 13.7. The third-order valence-corrected chi connectivity index (χ3v) is 5.01. The maximum Gasteiger partial charge on any atom is 0.279 e. The second-order valence-corrected chi connectivity index (χ2v) is 6.75. The van der Waals surface area contributed by atoms with Crippen molar-refractivity contribution in [2.45, 2.75) is 38.6 Å². The van der Waals surface area contributed by atoms with E-state index in [1.165, 1.54) is 0 Å². The lowest BCUT2D eigenvalue weighted by molar-refractivity contribution is 0.339. The fraction of sp³-hybridized carbons (Fsp3) is 0.615. The highest BCUT2D eigenvalue weighted by atomic mass is 32.2. The molecule has 1 aliphatic rings. The highest BCUT2D eigenvalue weighted by Crippen LogP contribution is 2.12. The van der Waals surface area contributed by atoms with Crippen molar-refractivity contribution in [3.63, 3.8) is 0 Å². The highest BCUT2D eigenvalue weighted by molar-refractivity contribution is 7.87. The average molecular weight is 283 g/mol. The molecule has 1 saturated heterocycles. The molecule has 1 fully saturated rings. The SMILES string of the molecule is CC(Cc1cccnc1)NS(=O)(=O)N1CCCCC1. The number of nitrogens with zero attached hydrogens (tertiary/aromatic N) is 2. The van der Waals surface area contributed by atoms with Gasteiger partial charge in [-0.1, -0.05) is 12.5 Å². The van der Waals surface area contributed by atoms with Crippen molar-refractivity contribution in [3.8, 4) is 0 Å². The minimum absolute atomic E-state index is 0.129. The second-order valence-electron chi connectivity index (χ2n) is 5.05. The number of hydrogen-bond acceptors (Lipinski definition) is 3. The molecule has 1 aliphatic heterocycles. The molecular weight excluding hydrogens is 262 g/mol. The molecule has 1 aromatic rings. The number of hydrogen-bond donors (Lipinski definition) is 1. The molecule has 0 spiro atoms. The van der Waals surface area contributed by atoms with Gasteiger partial charge in [0, 0.05) is 31.5 Å². The number of rotatable bonds is 5. The summed E-state index contributed by atoms with van der Waals surface area (Å²) >= 11 is 0. The van der Waals surface area contributed by atoms with Crippen LogP contribution in [0, 0.1) is 0 Å². The summed E-state index contributed by atoms with van der Waals surface area (Å²) in [6.07, 6.45) is 7.17. The largest absolute Gasteiger partial charge is 0.279 e. The molecule has 2 heterocycles. The molecule has 1 aromatic heterocycles. The summed E-state index contributed by atoms with van der Waals surface area (Å²) in [6.45, 7) is 3.15. The molecule has 5 nitrogen and oxygen atoms in total. The normalized spacial score (nSPS) is 19.2. The van der Waals surface area contributed by atoms with E-state index in [1.54, 1.807) is 16.7 Å². The molecule has 19 heavy (non-hydrogen) atoms. The quantitative estimate of drug-likeness (QED) is 0.887. The zero-order valence-corrected chi connectivity index (χ0v) is 12.1. The second kappa shape index (κ2) is 6.45. The van der Waals surface area contributed by atoms with Crippen LogP contribution in [0.25, 0.3) is 0 Å². The molecule has 106 valence electrons. The highest BCUT2D eigenvalue weighted by Gasteiger charge is 2.25. The van der Waals surface area contributed by atoms with E-state index in [2.05, 4.69) is 9.71 Å². The first-order chi connectivity index (χ1) is 9.08. The summed E-state index contributed by atoms with van der Waals surface area (Å²) in [7, 11) is -3.34. The Hall–Kier alpha value is -0.980. The van der Waals surface area contributed by atoms with Crippen LogP contribution in [0.5, 0.6) is 0 Å². The smallest absolute Gasteiger partial charge is 0.264 e. The summed E-state index contributed by atoms with van der Waals surface area (Å²) in [5.74, 6) is 0. The predicted molar refractivity (Wildman–Crippen MR) is 74.9 cm³/mol. The van der Waals surface area contributed by atoms with E-state index in [9.17, 15) is 8.42 Å². The summed E-state index contributed by atoms with van der Waals surface area (Å²) in [4.78, 5) is 4.04. The van der Waals surface area contributed by atoms with Crippen LogP contribution in [-0.4, -0.2) is 36.8 Å². The fourth-order valence-corrected chi connectivity index (χ4v) is 3.83. The van der Waals surface area contributed by atoms with Gasteiger partial charge >= 0.3 is 0 Å². The van der Waals surface area contributed by atoms with Crippen LogP contribution < -0.4 is 4.72 Å². The van der Waals surface area contributed by atoms with Gasteiger partial charge in [-0.2, -0.15) is 17.4 Å². The van der Waals surface area contributed by atoms with Gasteiger partial charge < -0.3 is 0 Å². The number of aromatic nitrogens is 1. The summed E-state index contributed by atoms with van der Waals surface area (Å²) in [5, 5.41) is 0. The fourth-order valence-electron chi connectivity index (χ4n) is 2.35. The van der Waals surface area contributed by atoms with Gasteiger partial charge in [-0.25, -0.2) is 0 Å². The van der Waals surface area contributed by atoms with Crippen molar-refractivity contribution in [2.24, 2.45) is 0 Å². The Morgan fingerprint density at radius 1 is 1.37 bits per heavy atom. The van der Waals surface area contributed by atoms with Gasteiger partial charge in [0.2, 0.25) is 0 Å². The average Bonchev–Trinajstić information content (AvgIpc) is 2.40. The van der Waals surface area contributed by atoms with Crippen LogP contribution in [-0.2, 0) is 16.6 Å². The lowest BCUT2D eigenvalue weighted by Crippen LogP contribution is -2.47. The van der Waals surface area contributed by atoms with Crippen molar-refractivity contribution in [3.05, 3.63) is 30.1 Å². The van der Waals surface area contributed by atoms with E-state index in [0.717, 1.165) is 24.8 Å². The molecule has 6 heteroatoms. The van der Waals surface area contributed by atoms with E-state index in [4.69, 9.17) is 0 Å². The van der Waals surface area contributed by atoms with Crippen molar-refractivity contribution >= 4 is 10.2 Å². The Morgan fingerprint density at radius 2 is 2.11 bits per heavy atom. The monoisotopic (exact) mass is 283 g/mol. The van der Waals surface area contributed by atoms with Crippen molar-refractivity contribution in [1.82, 2.24) is 14.0 Å². The van der Waals surface area contributed by atoms with Gasteiger partial charge in [-0.05, 0) is 37.8 Å². The minimum atomic E-state index is -3.34. The number of nitrogens with one attached hydrogen (secondary N) is 1. The molecule has 1 atom stereocenters. The molecule has 0 amide bonds. The zero-order valence-electron chi connectivity index (χ0n) is 11.2. The molecule has 0 bridgehead atoms. The topological polar surface area (TPSA) is 62.3 Å². The molecule has 0 aromatic carbocycles. The Bertz CT molecular complexity index is 484. The van der Waals surface area contributed by atoms with Crippen LogP contribution in [0.1, 0.15) is 31.7 Å². The van der Waals surface area contributed by atoms with Crippen LogP contribution in [0.3, 0.4) is 0 Å². The maximum atomic E-state index is 12.2. The first kappa shape index (κ1) is 14.4. The molecule has 2 rings (SSSR count). The van der Waals surface area contributed by atoms with Crippen LogP contribution >= 0.6 is 0 Å².